The zero-order valence-electron chi connectivity index (χ0n) is 9.82. The molecule has 1 aliphatic rings. The second-order valence-corrected chi connectivity index (χ2v) is 7.11. The molecule has 0 spiro atoms. The van der Waals surface area contributed by atoms with E-state index in [1.807, 2.05) is 12.1 Å². The molecule has 0 bridgehead atoms. The highest BCUT2D eigenvalue weighted by Crippen LogP contribution is 2.33. The third kappa shape index (κ3) is 2.46. The highest BCUT2D eigenvalue weighted by atomic mass is 79.9. The molecule has 1 aromatic carbocycles. The smallest absolute Gasteiger partial charge is 0.115 e. The van der Waals surface area contributed by atoms with Crippen LogP contribution in [0.5, 0.6) is 5.75 Å². The monoisotopic (exact) mass is 323 g/mol. The average Bonchev–Trinajstić information content (AvgIpc) is 2.92. The Hall–Kier alpha value is -0.840. The van der Waals surface area contributed by atoms with Gasteiger partial charge in [-0.2, -0.15) is 0 Å². The van der Waals surface area contributed by atoms with Gasteiger partial charge in [-0.3, -0.25) is 0 Å². The summed E-state index contributed by atoms with van der Waals surface area (Å²) < 4.78 is 1.18. The van der Waals surface area contributed by atoms with Crippen molar-refractivity contribution in [1.82, 2.24) is 5.32 Å². The lowest BCUT2D eigenvalue weighted by molar-refractivity contribution is 0.474. The summed E-state index contributed by atoms with van der Waals surface area (Å²) >= 11 is 5.25. The van der Waals surface area contributed by atoms with E-state index >= 15 is 0 Å². The molecule has 1 heterocycles. The normalized spacial score (nSPS) is 17.9. The first-order valence-corrected chi connectivity index (χ1v) is 7.63. The maximum atomic E-state index is 9.47. The SMILES string of the molecule is Oc1ccc2c(c1)CCC2NCc1ccc(Br)s1. The fourth-order valence-electron chi connectivity index (χ4n) is 2.49. The number of benzene rings is 1. The predicted molar refractivity (Wildman–Crippen MR) is 78.0 cm³/mol. The maximum absolute atomic E-state index is 9.47. The minimum atomic E-state index is 0.372. The third-order valence-electron chi connectivity index (χ3n) is 3.36. The van der Waals surface area contributed by atoms with Crippen LogP contribution in [0.3, 0.4) is 0 Å². The summed E-state index contributed by atoms with van der Waals surface area (Å²) in [4.78, 5) is 1.34. The van der Waals surface area contributed by atoms with Crippen molar-refractivity contribution in [1.29, 1.82) is 0 Å². The van der Waals surface area contributed by atoms with Crippen LogP contribution in [0, 0.1) is 0 Å². The lowest BCUT2D eigenvalue weighted by atomic mass is 10.1. The van der Waals surface area contributed by atoms with Crippen LogP contribution in [0.15, 0.2) is 34.1 Å². The van der Waals surface area contributed by atoms with Crippen LogP contribution in [-0.2, 0) is 13.0 Å². The van der Waals surface area contributed by atoms with Crippen LogP contribution in [0.2, 0.25) is 0 Å². The molecule has 2 nitrogen and oxygen atoms in total. The van der Waals surface area contributed by atoms with Crippen LogP contribution >= 0.6 is 27.3 Å². The Balaban J connectivity index is 1.69. The van der Waals surface area contributed by atoms with E-state index in [9.17, 15) is 5.11 Å². The van der Waals surface area contributed by atoms with Gasteiger partial charge < -0.3 is 10.4 Å². The molecule has 18 heavy (non-hydrogen) atoms. The Bertz CT molecular complexity index is 567. The van der Waals surface area contributed by atoms with Gasteiger partial charge in [0.25, 0.3) is 0 Å². The Labute approximate surface area is 119 Å². The number of thiophene rings is 1. The molecule has 0 amide bonds. The van der Waals surface area contributed by atoms with Gasteiger partial charge in [-0.25, -0.2) is 0 Å². The molecule has 2 aromatic rings. The Kier molecular flexibility index (Phi) is 3.41. The summed E-state index contributed by atoms with van der Waals surface area (Å²) in [6, 6.07) is 10.4. The fourth-order valence-corrected chi connectivity index (χ4v) is 3.92. The number of rotatable bonds is 3. The highest BCUT2D eigenvalue weighted by Gasteiger charge is 2.22. The standard InChI is InChI=1S/C14H14BrNOS/c15-14-6-3-11(18-14)8-16-13-5-1-9-7-10(17)2-4-12(9)13/h2-4,6-7,13,16-17H,1,5,8H2. The third-order valence-corrected chi connectivity index (χ3v) is 4.98. The van der Waals surface area contributed by atoms with Crippen LogP contribution in [0.4, 0.5) is 0 Å². The topological polar surface area (TPSA) is 32.3 Å². The van der Waals surface area contributed by atoms with Gasteiger partial charge in [-0.1, -0.05) is 6.07 Å². The summed E-state index contributed by atoms with van der Waals surface area (Å²) in [6.07, 6.45) is 2.17. The molecule has 2 N–H and O–H groups in total. The van der Waals surface area contributed by atoms with Crippen molar-refractivity contribution in [3.8, 4) is 5.75 Å². The second-order valence-electron chi connectivity index (χ2n) is 4.56. The van der Waals surface area contributed by atoms with E-state index in [1.165, 1.54) is 19.8 Å². The van der Waals surface area contributed by atoms with Gasteiger partial charge in [0.2, 0.25) is 0 Å². The Morgan fingerprint density at radius 3 is 3.00 bits per heavy atom. The van der Waals surface area contributed by atoms with Crippen molar-refractivity contribution in [3.63, 3.8) is 0 Å². The van der Waals surface area contributed by atoms with Crippen molar-refractivity contribution < 1.29 is 5.11 Å². The van der Waals surface area contributed by atoms with Gasteiger partial charge in [-0.15, -0.1) is 11.3 Å². The number of phenols is 1. The largest absolute Gasteiger partial charge is 0.508 e. The minimum absolute atomic E-state index is 0.372. The fraction of sp³-hybridized carbons (Fsp3) is 0.286. The maximum Gasteiger partial charge on any atom is 0.115 e. The number of hydrogen-bond donors (Lipinski definition) is 2. The summed E-state index contributed by atoms with van der Waals surface area (Å²) in [5.74, 6) is 0.372. The van der Waals surface area contributed by atoms with Crippen molar-refractivity contribution >= 4 is 27.3 Å². The molecule has 4 heteroatoms. The van der Waals surface area contributed by atoms with Crippen molar-refractivity contribution in [2.45, 2.75) is 25.4 Å². The highest BCUT2D eigenvalue weighted by molar-refractivity contribution is 9.11. The van der Waals surface area contributed by atoms with Crippen molar-refractivity contribution in [2.24, 2.45) is 0 Å². The molecule has 94 valence electrons. The van der Waals surface area contributed by atoms with Crippen LogP contribution in [0.1, 0.15) is 28.5 Å². The lowest BCUT2D eigenvalue weighted by Gasteiger charge is -2.13. The number of fused-ring (bicyclic) bond motifs is 1. The number of aromatic hydroxyl groups is 1. The van der Waals surface area contributed by atoms with Gasteiger partial charge in [0, 0.05) is 17.5 Å². The first-order chi connectivity index (χ1) is 8.72. The van der Waals surface area contributed by atoms with E-state index in [4.69, 9.17) is 0 Å². The van der Waals surface area contributed by atoms with E-state index in [0.29, 0.717) is 11.8 Å². The van der Waals surface area contributed by atoms with E-state index < -0.39 is 0 Å². The number of phenolic OH excluding ortho intramolecular Hbond substituents is 1. The molecular weight excluding hydrogens is 310 g/mol. The molecule has 3 rings (SSSR count). The molecule has 1 unspecified atom stereocenters. The summed E-state index contributed by atoms with van der Waals surface area (Å²) in [5.41, 5.74) is 2.61. The van der Waals surface area contributed by atoms with Crippen LogP contribution in [0.25, 0.3) is 0 Å². The zero-order valence-corrected chi connectivity index (χ0v) is 12.2. The van der Waals surface area contributed by atoms with Gasteiger partial charge >= 0.3 is 0 Å². The van der Waals surface area contributed by atoms with E-state index in [2.05, 4.69) is 33.4 Å². The van der Waals surface area contributed by atoms with Gasteiger partial charge in [0.05, 0.1) is 3.79 Å². The molecule has 0 saturated carbocycles. The Morgan fingerprint density at radius 1 is 1.33 bits per heavy atom. The number of hydrogen-bond acceptors (Lipinski definition) is 3. The first kappa shape index (κ1) is 12.2. The average molecular weight is 324 g/mol. The molecule has 0 saturated heterocycles. The Morgan fingerprint density at radius 2 is 2.22 bits per heavy atom. The number of halogens is 1. The summed E-state index contributed by atoms with van der Waals surface area (Å²) in [6.45, 7) is 0.904. The van der Waals surface area contributed by atoms with E-state index in [0.717, 1.165) is 19.4 Å². The van der Waals surface area contributed by atoms with Crippen molar-refractivity contribution in [3.05, 3.63) is 50.1 Å². The van der Waals surface area contributed by atoms with E-state index in [-0.39, 0.29) is 0 Å². The van der Waals surface area contributed by atoms with E-state index in [1.54, 1.807) is 17.4 Å². The summed E-state index contributed by atoms with van der Waals surface area (Å²) in [7, 11) is 0. The number of nitrogens with one attached hydrogen (secondary N) is 1. The molecule has 1 aliphatic carbocycles. The predicted octanol–water partition coefficient (Wildman–Crippen LogP) is 3.99. The second kappa shape index (κ2) is 5.03. The van der Waals surface area contributed by atoms with Crippen LogP contribution in [-0.4, -0.2) is 5.11 Å². The molecule has 1 atom stereocenters. The number of aryl methyl sites for hydroxylation is 1. The lowest BCUT2D eigenvalue weighted by Crippen LogP contribution is -2.17. The summed E-state index contributed by atoms with van der Waals surface area (Å²) in [5, 5.41) is 13.1. The first-order valence-electron chi connectivity index (χ1n) is 6.02. The van der Waals surface area contributed by atoms with Crippen LogP contribution < -0.4 is 5.32 Å². The van der Waals surface area contributed by atoms with Crippen molar-refractivity contribution in [2.75, 3.05) is 0 Å². The van der Waals surface area contributed by atoms with Gasteiger partial charge in [-0.05, 0) is 64.2 Å². The molecule has 0 fully saturated rings. The molecule has 0 radical (unpaired) electrons. The minimum Gasteiger partial charge on any atom is -0.508 e. The quantitative estimate of drug-likeness (QED) is 0.895. The molecular formula is C14H14BrNOS. The van der Waals surface area contributed by atoms with Gasteiger partial charge in [0.1, 0.15) is 5.75 Å². The molecule has 0 aliphatic heterocycles. The zero-order chi connectivity index (χ0) is 12.5. The van der Waals surface area contributed by atoms with Gasteiger partial charge in [0.15, 0.2) is 0 Å². The molecule has 1 aromatic heterocycles.